The fourth-order valence-electron chi connectivity index (χ4n) is 3.75. The normalized spacial score (nSPS) is 24.4. The molecule has 2 aliphatic heterocycles. The summed E-state index contributed by atoms with van der Waals surface area (Å²) in [5.41, 5.74) is 0. The summed E-state index contributed by atoms with van der Waals surface area (Å²) in [5.74, 6) is 2.39. The number of piperazine rings is 1. The largest absolute Gasteiger partial charge is 0.341 e. The van der Waals surface area contributed by atoms with Gasteiger partial charge in [-0.2, -0.15) is 4.98 Å². The van der Waals surface area contributed by atoms with Crippen LogP contribution in [0.4, 0.5) is 0 Å². The van der Waals surface area contributed by atoms with Crippen molar-refractivity contribution in [3.63, 3.8) is 0 Å². The molecule has 2 fully saturated rings. The number of rotatable bonds is 5. The maximum Gasteiger partial charge on any atom is 0.243 e. The Morgan fingerprint density at radius 2 is 2.04 bits per heavy atom. The minimum absolute atomic E-state index is 0.133. The maximum atomic E-state index is 12.5. The number of piperidine rings is 1. The van der Waals surface area contributed by atoms with Gasteiger partial charge in [-0.15, -0.1) is 0 Å². The molecule has 3 rings (SSSR count). The van der Waals surface area contributed by atoms with Crippen molar-refractivity contribution < 1.29 is 9.32 Å². The fraction of sp³-hybridized carbons (Fsp3) is 0.833. The van der Waals surface area contributed by atoms with E-state index in [1.807, 2.05) is 11.8 Å². The molecule has 2 saturated heterocycles. The van der Waals surface area contributed by atoms with Crippen molar-refractivity contribution in [3.8, 4) is 0 Å². The number of amides is 1. The van der Waals surface area contributed by atoms with Gasteiger partial charge in [-0.25, -0.2) is 0 Å². The van der Waals surface area contributed by atoms with Crippen LogP contribution in [0.1, 0.15) is 51.4 Å². The quantitative estimate of drug-likeness (QED) is 0.804. The van der Waals surface area contributed by atoms with Crippen LogP contribution < -0.4 is 0 Å². The molecule has 0 saturated carbocycles. The zero-order chi connectivity index (χ0) is 17.8. The lowest BCUT2D eigenvalue weighted by molar-refractivity contribution is -0.134. The molecule has 7 heteroatoms. The molecule has 3 heterocycles. The molecule has 1 aromatic heterocycles. The first-order valence-corrected chi connectivity index (χ1v) is 9.63. The highest BCUT2D eigenvalue weighted by molar-refractivity contribution is 5.78. The number of aryl methyl sites for hydroxylation is 1. The van der Waals surface area contributed by atoms with Crippen molar-refractivity contribution in [3.05, 3.63) is 11.7 Å². The molecule has 2 atom stereocenters. The fourth-order valence-corrected chi connectivity index (χ4v) is 3.75. The average Bonchev–Trinajstić information content (AvgIpc) is 3.11. The van der Waals surface area contributed by atoms with E-state index in [0.717, 1.165) is 57.9 Å². The minimum Gasteiger partial charge on any atom is -0.341 e. The van der Waals surface area contributed by atoms with Crippen molar-refractivity contribution in [1.82, 2.24) is 24.8 Å². The molecular weight excluding hydrogens is 318 g/mol. The molecule has 0 aromatic carbocycles. The van der Waals surface area contributed by atoms with Crippen molar-refractivity contribution in [2.24, 2.45) is 5.92 Å². The van der Waals surface area contributed by atoms with Crippen LogP contribution in [0.5, 0.6) is 0 Å². The summed E-state index contributed by atoms with van der Waals surface area (Å²) in [6, 6.07) is 0.133. The van der Waals surface area contributed by atoms with Gasteiger partial charge in [-0.1, -0.05) is 19.0 Å². The zero-order valence-electron chi connectivity index (χ0n) is 15.8. The average molecular weight is 349 g/mol. The number of carbonyl (C=O) groups is 1. The molecule has 1 aromatic rings. The van der Waals surface area contributed by atoms with E-state index in [2.05, 4.69) is 33.8 Å². The van der Waals surface area contributed by atoms with E-state index in [1.54, 1.807) is 0 Å². The van der Waals surface area contributed by atoms with Crippen molar-refractivity contribution in [1.29, 1.82) is 0 Å². The van der Waals surface area contributed by atoms with E-state index in [-0.39, 0.29) is 11.9 Å². The summed E-state index contributed by atoms with van der Waals surface area (Å²) in [6.45, 7) is 12.5. The Bertz CT molecular complexity index is 568. The first-order valence-electron chi connectivity index (χ1n) is 9.63. The molecule has 25 heavy (non-hydrogen) atoms. The van der Waals surface area contributed by atoms with Gasteiger partial charge in [0.2, 0.25) is 11.8 Å². The highest BCUT2D eigenvalue weighted by atomic mass is 16.5. The summed E-state index contributed by atoms with van der Waals surface area (Å²) in [4.78, 5) is 23.6. The van der Waals surface area contributed by atoms with Crippen LogP contribution in [-0.2, 0) is 11.2 Å². The molecule has 0 aliphatic carbocycles. The molecule has 140 valence electrons. The van der Waals surface area contributed by atoms with E-state index < -0.39 is 0 Å². The van der Waals surface area contributed by atoms with Gasteiger partial charge in [-0.05, 0) is 25.7 Å². The minimum atomic E-state index is 0.133. The third kappa shape index (κ3) is 4.58. The Morgan fingerprint density at radius 3 is 2.68 bits per heavy atom. The standard InChI is InChI=1S/C18H31N5O2/c1-4-16-19-18(25-20-16)15(3)22-10-8-21(9-11-22)13-17(24)23-7-5-6-14(2)12-23/h14-15H,4-13H2,1-3H3. The lowest BCUT2D eigenvalue weighted by Gasteiger charge is -2.38. The highest BCUT2D eigenvalue weighted by Crippen LogP contribution is 2.21. The molecular formula is C18H31N5O2. The lowest BCUT2D eigenvalue weighted by atomic mass is 10.0. The molecule has 2 aliphatic rings. The Kier molecular flexibility index (Phi) is 6.06. The van der Waals surface area contributed by atoms with Crippen LogP contribution >= 0.6 is 0 Å². The van der Waals surface area contributed by atoms with Crippen LogP contribution in [0.15, 0.2) is 4.52 Å². The van der Waals surface area contributed by atoms with Crippen LogP contribution in [-0.4, -0.2) is 76.6 Å². The van der Waals surface area contributed by atoms with Gasteiger partial charge in [0.1, 0.15) is 0 Å². The number of hydrogen-bond donors (Lipinski definition) is 0. The van der Waals surface area contributed by atoms with E-state index in [4.69, 9.17) is 4.52 Å². The Balaban J connectivity index is 1.45. The number of nitrogens with zero attached hydrogens (tertiary/aromatic N) is 5. The summed E-state index contributed by atoms with van der Waals surface area (Å²) in [7, 11) is 0. The topological polar surface area (TPSA) is 65.7 Å². The number of carbonyl (C=O) groups excluding carboxylic acids is 1. The van der Waals surface area contributed by atoms with Crippen LogP contribution in [0.3, 0.4) is 0 Å². The van der Waals surface area contributed by atoms with Crippen LogP contribution in [0, 0.1) is 5.92 Å². The molecule has 0 spiro atoms. The third-order valence-electron chi connectivity index (χ3n) is 5.48. The van der Waals surface area contributed by atoms with E-state index in [9.17, 15) is 4.79 Å². The van der Waals surface area contributed by atoms with Gasteiger partial charge in [0, 0.05) is 45.7 Å². The van der Waals surface area contributed by atoms with E-state index in [0.29, 0.717) is 18.4 Å². The van der Waals surface area contributed by atoms with E-state index >= 15 is 0 Å². The number of aromatic nitrogens is 2. The zero-order valence-corrected chi connectivity index (χ0v) is 15.8. The first kappa shape index (κ1) is 18.3. The summed E-state index contributed by atoms with van der Waals surface area (Å²) < 4.78 is 5.37. The molecule has 0 N–H and O–H groups in total. The van der Waals surface area contributed by atoms with Gasteiger partial charge in [0.05, 0.1) is 12.6 Å². The second-order valence-electron chi connectivity index (χ2n) is 7.48. The van der Waals surface area contributed by atoms with Gasteiger partial charge in [-0.3, -0.25) is 14.6 Å². The van der Waals surface area contributed by atoms with Gasteiger partial charge in [0.25, 0.3) is 0 Å². The summed E-state index contributed by atoms with van der Waals surface area (Å²) in [5, 5.41) is 3.99. The summed E-state index contributed by atoms with van der Waals surface area (Å²) in [6.07, 6.45) is 3.18. The smallest absolute Gasteiger partial charge is 0.243 e. The highest BCUT2D eigenvalue weighted by Gasteiger charge is 2.28. The van der Waals surface area contributed by atoms with Crippen molar-refractivity contribution in [2.45, 2.75) is 46.1 Å². The summed E-state index contributed by atoms with van der Waals surface area (Å²) >= 11 is 0. The first-order chi connectivity index (χ1) is 12.1. The predicted molar refractivity (Wildman–Crippen MR) is 95.1 cm³/mol. The van der Waals surface area contributed by atoms with Crippen molar-refractivity contribution in [2.75, 3.05) is 45.8 Å². The predicted octanol–water partition coefficient (Wildman–Crippen LogP) is 1.57. The Hall–Kier alpha value is -1.47. The van der Waals surface area contributed by atoms with Crippen LogP contribution in [0.2, 0.25) is 0 Å². The van der Waals surface area contributed by atoms with Gasteiger partial charge in [0.15, 0.2) is 5.82 Å². The molecule has 2 unspecified atom stereocenters. The van der Waals surface area contributed by atoms with Gasteiger partial charge >= 0.3 is 0 Å². The second-order valence-corrected chi connectivity index (χ2v) is 7.48. The monoisotopic (exact) mass is 349 g/mol. The molecule has 7 nitrogen and oxygen atoms in total. The number of hydrogen-bond acceptors (Lipinski definition) is 6. The molecule has 0 bridgehead atoms. The van der Waals surface area contributed by atoms with Crippen LogP contribution in [0.25, 0.3) is 0 Å². The molecule has 0 radical (unpaired) electrons. The second kappa shape index (κ2) is 8.27. The Morgan fingerprint density at radius 1 is 1.28 bits per heavy atom. The van der Waals surface area contributed by atoms with Crippen molar-refractivity contribution >= 4 is 5.91 Å². The third-order valence-corrected chi connectivity index (χ3v) is 5.48. The number of likely N-dealkylation sites (tertiary alicyclic amines) is 1. The lowest BCUT2D eigenvalue weighted by Crippen LogP contribution is -2.51. The van der Waals surface area contributed by atoms with E-state index in [1.165, 1.54) is 6.42 Å². The molecule has 1 amide bonds. The Labute approximate surface area is 150 Å². The maximum absolute atomic E-state index is 12.5. The SMILES string of the molecule is CCc1noc(C(C)N2CCN(CC(=O)N3CCCC(C)C3)CC2)n1. The van der Waals surface area contributed by atoms with Gasteiger partial charge < -0.3 is 9.42 Å².